The van der Waals surface area contributed by atoms with Crippen molar-refractivity contribution >= 4 is 31.5 Å². The second-order valence-corrected chi connectivity index (χ2v) is 17.5. The molecule has 0 amide bonds. The second-order valence-electron chi connectivity index (χ2n) is 16.5. The molecule has 4 aromatic heterocycles. The van der Waals surface area contributed by atoms with Crippen LogP contribution in [0.3, 0.4) is 0 Å². The Morgan fingerprint density at radius 2 is 0.612 bits per heavy atom. The normalized spacial score (nSPS) is 11.3. The van der Waals surface area contributed by atoms with E-state index in [0.717, 1.165) is 66.8 Å². The molecule has 5 nitrogen and oxygen atoms in total. The first-order valence-corrected chi connectivity index (χ1v) is 23.1. The summed E-state index contributed by atoms with van der Waals surface area (Å²) in [5.74, 6) is 1.93. The number of hydrogen-bond donors (Lipinski definition) is 0. The van der Waals surface area contributed by atoms with E-state index in [1.807, 2.05) is 109 Å². The van der Waals surface area contributed by atoms with Crippen LogP contribution in [0.4, 0.5) is 0 Å². The highest BCUT2D eigenvalue weighted by Gasteiger charge is 2.17. The topological polar surface area (TPSA) is 64.5 Å². The second kappa shape index (κ2) is 17.3. The Labute approximate surface area is 392 Å². The van der Waals surface area contributed by atoms with Gasteiger partial charge in [-0.3, -0.25) is 9.97 Å². The molecule has 8 aromatic carbocycles. The van der Waals surface area contributed by atoms with Gasteiger partial charge in [-0.25, -0.2) is 15.0 Å². The molecule has 0 radical (unpaired) electrons. The molecule has 4 heterocycles. The first kappa shape index (κ1) is 39.8. The van der Waals surface area contributed by atoms with Crippen LogP contribution in [0.25, 0.3) is 121 Å². The Hall–Kier alpha value is -8.71. The van der Waals surface area contributed by atoms with Crippen molar-refractivity contribution in [3.63, 3.8) is 0 Å². The lowest BCUT2D eigenvalue weighted by Crippen LogP contribution is -2.00. The molecule has 12 rings (SSSR count). The smallest absolute Gasteiger partial charge is 0.164 e. The van der Waals surface area contributed by atoms with Gasteiger partial charge in [-0.15, -0.1) is 11.3 Å². The zero-order chi connectivity index (χ0) is 44.5. The summed E-state index contributed by atoms with van der Waals surface area (Å²) in [5, 5.41) is 2.49. The van der Waals surface area contributed by atoms with Gasteiger partial charge in [-0.2, -0.15) is 0 Å². The Morgan fingerprint density at radius 1 is 0.254 bits per heavy atom. The SMILES string of the molecule is c1ccc(-c2nc(-c3ccccc3)nc(-c3ccc(-c4cccc5c4sc4c(-c6cc(-c7ccc(-c8cccnc8)cc7)cc(-c7ccc(-c8cccnc8)cc7)c6)cccc45)cc3)n2)cc1. The van der Waals surface area contributed by atoms with Crippen LogP contribution in [0.15, 0.2) is 237 Å². The fourth-order valence-electron chi connectivity index (χ4n) is 8.91. The molecule has 0 bridgehead atoms. The molecule has 6 heteroatoms. The maximum atomic E-state index is 4.98. The lowest BCUT2D eigenvalue weighted by Gasteiger charge is -2.13. The van der Waals surface area contributed by atoms with Crippen LogP contribution in [0.1, 0.15) is 0 Å². The van der Waals surface area contributed by atoms with E-state index in [4.69, 9.17) is 15.0 Å². The maximum absolute atomic E-state index is 4.98. The van der Waals surface area contributed by atoms with Crippen molar-refractivity contribution in [1.82, 2.24) is 24.9 Å². The fraction of sp³-hybridized carbons (Fsp3) is 0. The minimum absolute atomic E-state index is 0.638. The average molecular weight is 874 g/mol. The van der Waals surface area contributed by atoms with Gasteiger partial charge in [0.25, 0.3) is 0 Å². The van der Waals surface area contributed by atoms with Crippen LogP contribution in [-0.2, 0) is 0 Å². The lowest BCUT2D eigenvalue weighted by molar-refractivity contribution is 1.07. The Kier molecular flexibility index (Phi) is 10.3. The molecule has 0 spiro atoms. The van der Waals surface area contributed by atoms with Gasteiger partial charge in [0.15, 0.2) is 17.5 Å². The van der Waals surface area contributed by atoms with Gasteiger partial charge < -0.3 is 0 Å². The monoisotopic (exact) mass is 873 g/mol. The summed E-state index contributed by atoms with van der Waals surface area (Å²) in [5.41, 5.74) is 16.6. The van der Waals surface area contributed by atoms with Crippen molar-refractivity contribution in [2.24, 2.45) is 0 Å². The third kappa shape index (κ3) is 7.86. The maximum Gasteiger partial charge on any atom is 0.164 e. The van der Waals surface area contributed by atoms with Gasteiger partial charge in [0.1, 0.15) is 0 Å². The highest BCUT2D eigenvalue weighted by Crippen LogP contribution is 2.45. The molecule has 67 heavy (non-hydrogen) atoms. The Balaban J connectivity index is 0.943. The fourth-order valence-corrected chi connectivity index (χ4v) is 10.3. The molecule has 0 unspecified atom stereocenters. The van der Waals surface area contributed by atoms with E-state index in [2.05, 4.69) is 149 Å². The van der Waals surface area contributed by atoms with Crippen molar-refractivity contribution in [2.45, 2.75) is 0 Å². The molecule has 0 aliphatic rings. The van der Waals surface area contributed by atoms with Crippen molar-refractivity contribution in [3.05, 3.63) is 237 Å². The summed E-state index contributed by atoms with van der Waals surface area (Å²) in [6, 6.07) is 75.1. The highest BCUT2D eigenvalue weighted by molar-refractivity contribution is 7.26. The predicted molar refractivity (Wildman–Crippen MR) is 277 cm³/mol. The van der Waals surface area contributed by atoms with E-state index in [-0.39, 0.29) is 0 Å². The minimum Gasteiger partial charge on any atom is -0.264 e. The summed E-state index contributed by atoms with van der Waals surface area (Å²) in [6.07, 6.45) is 7.45. The third-order valence-corrected chi connectivity index (χ3v) is 13.6. The van der Waals surface area contributed by atoms with Gasteiger partial charge in [-0.05, 0) is 97.1 Å². The summed E-state index contributed by atoms with van der Waals surface area (Å²) < 4.78 is 2.51. The number of hydrogen-bond acceptors (Lipinski definition) is 6. The summed E-state index contributed by atoms with van der Waals surface area (Å²) in [4.78, 5) is 23.5. The standard InChI is InChI=1S/C61H39N5S/c1-3-11-45(12-4-1)59-64-60(46-13-5-2-6-14-46)66-61(65-59)47-31-29-44(30-32-47)53-17-7-19-55-56-20-8-18-54(58(56)67-57(53)55)52-36-50(42-25-21-40(22-26-42)48-15-9-33-62-38-48)35-51(37-52)43-27-23-41(24-28-43)49-16-10-34-63-39-49/h1-39H. The van der Waals surface area contributed by atoms with Crippen molar-refractivity contribution < 1.29 is 0 Å². The number of pyridine rings is 2. The summed E-state index contributed by atoms with van der Waals surface area (Å²) in [7, 11) is 0. The number of thiophene rings is 1. The van der Waals surface area contributed by atoms with E-state index >= 15 is 0 Å². The molecule has 0 aliphatic carbocycles. The Bertz CT molecular complexity index is 3530. The van der Waals surface area contributed by atoms with Crippen LogP contribution in [0, 0.1) is 0 Å². The molecule has 0 atom stereocenters. The number of rotatable bonds is 9. The van der Waals surface area contributed by atoms with Gasteiger partial charge >= 0.3 is 0 Å². The largest absolute Gasteiger partial charge is 0.264 e. The predicted octanol–water partition coefficient (Wildman–Crippen LogP) is 16.0. The van der Waals surface area contributed by atoms with Crippen molar-refractivity contribution in [1.29, 1.82) is 0 Å². The van der Waals surface area contributed by atoms with Gasteiger partial charge in [0.05, 0.1) is 0 Å². The van der Waals surface area contributed by atoms with Gasteiger partial charge in [0, 0.05) is 61.7 Å². The molecule has 0 fully saturated rings. The molecule has 314 valence electrons. The Morgan fingerprint density at radius 3 is 1.04 bits per heavy atom. The van der Waals surface area contributed by atoms with Crippen LogP contribution >= 0.6 is 11.3 Å². The lowest BCUT2D eigenvalue weighted by atomic mass is 9.91. The quantitative estimate of drug-likeness (QED) is 0.145. The van der Waals surface area contributed by atoms with Gasteiger partial charge in [-0.1, -0.05) is 182 Å². The van der Waals surface area contributed by atoms with E-state index in [0.29, 0.717) is 17.5 Å². The van der Waals surface area contributed by atoms with Gasteiger partial charge in [0.2, 0.25) is 0 Å². The highest BCUT2D eigenvalue weighted by atomic mass is 32.1. The average Bonchev–Trinajstić information content (AvgIpc) is 3.81. The summed E-state index contributed by atoms with van der Waals surface area (Å²) in [6.45, 7) is 0. The van der Waals surface area contributed by atoms with Crippen LogP contribution < -0.4 is 0 Å². The first-order chi connectivity index (χ1) is 33.2. The van der Waals surface area contributed by atoms with Crippen molar-refractivity contribution in [3.8, 4) is 101 Å². The number of benzene rings is 8. The van der Waals surface area contributed by atoms with E-state index in [9.17, 15) is 0 Å². The summed E-state index contributed by atoms with van der Waals surface area (Å²) >= 11 is 1.86. The molecule has 0 aliphatic heterocycles. The molecular weight excluding hydrogens is 835 g/mol. The van der Waals surface area contributed by atoms with Crippen LogP contribution in [0.5, 0.6) is 0 Å². The molecule has 0 saturated heterocycles. The first-order valence-electron chi connectivity index (χ1n) is 22.3. The van der Waals surface area contributed by atoms with Crippen LogP contribution in [-0.4, -0.2) is 24.9 Å². The zero-order valence-corrected chi connectivity index (χ0v) is 37.0. The zero-order valence-electron chi connectivity index (χ0n) is 36.2. The number of nitrogens with zero attached hydrogens (tertiary/aromatic N) is 5. The molecule has 12 aromatic rings. The third-order valence-electron chi connectivity index (χ3n) is 12.3. The van der Waals surface area contributed by atoms with Crippen molar-refractivity contribution in [2.75, 3.05) is 0 Å². The molecule has 0 N–H and O–H groups in total. The molecular formula is C61H39N5S. The number of aromatic nitrogens is 5. The number of fused-ring (bicyclic) bond motifs is 3. The molecule has 0 saturated carbocycles. The van der Waals surface area contributed by atoms with Crippen LogP contribution in [0.2, 0.25) is 0 Å². The van der Waals surface area contributed by atoms with E-state index in [1.54, 1.807) is 0 Å². The van der Waals surface area contributed by atoms with E-state index in [1.165, 1.54) is 36.9 Å². The minimum atomic E-state index is 0.638. The van der Waals surface area contributed by atoms with E-state index < -0.39 is 0 Å².